The molecule has 1 aliphatic carbocycles. The molecule has 0 aliphatic heterocycles. The topological polar surface area (TPSA) is 58.2 Å². The Balaban J connectivity index is 1.98. The lowest BCUT2D eigenvalue weighted by Gasteiger charge is -2.27. The fraction of sp³-hybridized carbons (Fsp3) is 0.444. The molecular formula is C18H20ClF3N2O2. The van der Waals surface area contributed by atoms with E-state index in [0.29, 0.717) is 32.2 Å². The van der Waals surface area contributed by atoms with Crippen LogP contribution in [0.4, 0.5) is 18.9 Å². The lowest BCUT2D eigenvalue weighted by Crippen LogP contribution is -2.35. The molecule has 142 valence electrons. The molecule has 0 atom stereocenters. The second-order valence-electron chi connectivity index (χ2n) is 6.26. The summed E-state index contributed by atoms with van der Waals surface area (Å²) in [6, 6.07) is 3.24. The number of carbonyl (C=O) groups is 2. The van der Waals surface area contributed by atoms with Crippen molar-refractivity contribution in [3.05, 3.63) is 41.4 Å². The van der Waals surface area contributed by atoms with Crippen molar-refractivity contribution in [1.82, 2.24) is 5.32 Å². The Morgan fingerprint density at radius 3 is 2.27 bits per heavy atom. The quantitative estimate of drug-likeness (QED) is 0.734. The molecule has 1 aliphatic rings. The van der Waals surface area contributed by atoms with E-state index in [9.17, 15) is 22.8 Å². The minimum absolute atomic E-state index is 0.0543. The van der Waals surface area contributed by atoms with Crippen LogP contribution in [-0.4, -0.2) is 18.4 Å². The molecule has 0 aromatic heterocycles. The number of rotatable bonds is 5. The summed E-state index contributed by atoms with van der Waals surface area (Å²) in [4.78, 5) is 24.3. The first-order chi connectivity index (χ1) is 12.2. The first-order valence-electron chi connectivity index (χ1n) is 8.28. The van der Waals surface area contributed by atoms with Crippen molar-refractivity contribution in [3.8, 4) is 0 Å². The van der Waals surface area contributed by atoms with Gasteiger partial charge in [-0.15, -0.1) is 6.58 Å². The van der Waals surface area contributed by atoms with Gasteiger partial charge in [0.2, 0.25) is 11.8 Å². The lowest BCUT2D eigenvalue weighted by atomic mass is 9.81. The molecule has 0 radical (unpaired) electrons. The van der Waals surface area contributed by atoms with E-state index in [1.807, 2.05) is 0 Å². The average Bonchev–Trinajstić information content (AvgIpc) is 2.60. The number of hydrogen-bond acceptors (Lipinski definition) is 2. The Labute approximate surface area is 154 Å². The van der Waals surface area contributed by atoms with Crippen molar-refractivity contribution >= 4 is 29.1 Å². The number of benzene rings is 1. The largest absolute Gasteiger partial charge is 0.418 e. The molecule has 2 N–H and O–H groups in total. The van der Waals surface area contributed by atoms with Gasteiger partial charge in [-0.1, -0.05) is 17.7 Å². The van der Waals surface area contributed by atoms with Gasteiger partial charge in [0, 0.05) is 23.4 Å². The Kier molecular flexibility index (Phi) is 6.69. The number of amides is 2. The highest BCUT2D eigenvalue weighted by molar-refractivity contribution is 6.30. The maximum atomic E-state index is 13.1. The van der Waals surface area contributed by atoms with Crippen LogP contribution in [0.2, 0.25) is 5.02 Å². The van der Waals surface area contributed by atoms with Crippen molar-refractivity contribution in [2.24, 2.45) is 11.8 Å². The molecular weight excluding hydrogens is 369 g/mol. The number of halogens is 4. The van der Waals surface area contributed by atoms with Crippen LogP contribution in [0.5, 0.6) is 0 Å². The van der Waals surface area contributed by atoms with Crippen LogP contribution in [0.15, 0.2) is 30.9 Å². The molecule has 0 spiro atoms. The third-order valence-corrected chi connectivity index (χ3v) is 4.67. The maximum absolute atomic E-state index is 13.1. The summed E-state index contributed by atoms with van der Waals surface area (Å²) in [5.74, 6) is -1.15. The van der Waals surface area contributed by atoms with Gasteiger partial charge in [-0.3, -0.25) is 9.59 Å². The van der Waals surface area contributed by atoms with Crippen molar-refractivity contribution < 1.29 is 22.8 Å². The van der Waals surface area contributed by atoms with Gasteiger partial charge in [-0.2, -0.15) is 13.2 Å². The van der Waals surface area contributed by atoms with Crippen LogP contribution in [-0.2, 0) is 15.8 Å². The molecule has 1 aromatic carbocycles. The normalized spacial score (nSPS) is 20.3. The van der Waals surface area contributed by atoms with E-state index in [4.69, 9.17) is 11.6 Å². The van der Waals surface area contributed by atoms with E-state index < -0.39 is 23.6 Å². The summed E-state index contributed by atoms with van der Waals surface area (Å²) in [5, 5.41) is 5.03. The Morgan fingerprint density at radius 2 is 1.73 bits per heavy atom. The van der Waals surface area contributed by atoms with Gasteiger partial charge in [0.25, 0.3) is 0 Å². The molecule has 1 aromatic rings. The fourth-order valence-corrected chi connectivity index (χ4v) is 3.20. The molecule has 1 fully saturated rings. The van der Waals surface area contributed by atoms with Crippen LogP contribution < -0.4 is 10.6 Å². The number of carbonyl (C=O) groups excluding carboxylic acids is 2. The van der Waals surface area contributed by atoms with Crippen LogP contribution in [0.3, 0.4) is 0 Å². The number of anilines is 1. The van der Waals surface area contributed by atoms with Crippen molar-refractivity contribution in [3.63, 3.8) is 0 Å². The van der Waals surface area contributed by atoms with E-state index >= 15 is 0 Å². The summed E-state index contributed by atoms with van der Waals surface area (Å²) in [6.45, 7) is 3.91. The molecule has 0 heterocycles. The second-order valence-corrected chi connectivity index (χ2v) is 6.70. The van der Waals surface area contributed by atoms with Crippen molar-refractivity contribution in [2.45, 2.75) is 31.9 Å². The summed E-state index contributed by atoms with van der Waals surface area (Å²) >= 11 is 5.63. The maximum Gasteiger partial charge on any atom is 0.418 e. The van der Waals surface area contributed by atoms with Gasteiger partial charge in [0.15, 0.2) is 0 Å². The summed E-state index contributed by atoms with van der Waals surface area (Å²) in [5.41, 5.74) is -1.28. The second kappa shape index (κ2) is 8.58. The minimum atomic E-state index is -4.62. The molecule has 2 rings (SSSR count). The molecule has 0 bridgehead atoms. The minimum Gasteiger partial charge on any atom is -0.352 e. The third-order valence-electron chi connectivity index (χ3n) is 4.43. The molecule has 26 heavy (non-hydrogen) atoms. The predicted octanol–water partition coefficient (Wildman–Crippen LogP) is 4.41. The van der Waals surface area contributed by atoms with Gasteiger partial charge < -0.3 is 10.6 Å². The van der Waals surface area contributed by atoms with Crippen LogP contribution in [0, 0.1) is 11.8 Å². The fourth-order valence-electron chi connectivity index (χ4n) is 3.03. The van der Waals surface area contributed by atoms with E-state index in [1.54, 1.807) is 6.08 Å². The summed E-state index contributed by atoms with van der Waals surface area (Å²) in [6.07, 6.45) is -1.09. The lowest BCUT2D eigenvalue weighted by molar-refractivity contribution is -0.137. The first-order valence-corrected chi connectivity index (χ1v) is 8.66. The highest BCUT2D eigenvalue weighted by Gasteiger charge is 2.35. The van der Waals surface area contributed by atoms with Gasteiger partial charge in [-0.05, 0) is 43.9 Å². The third kappa shape index (κ3) is 5.24. The van der Waals surface area contributed by atoms with Crippen LogP contribution in [0.1, 0.15) is 31.2 Å². The molecule has 2 amide bonds. The van der Waals surface area contributed by atoms with E-state index in [-0.39, 0.29) is 22.5 Å². The molecule has 4 nitrogen and oxygen atoms in total. The molecule has 0 saturated heterocycles. The van der Waals surface area contributed by atoms with Crippen LogP contribution >= 0.6 is 11.6 Å². The Morgan fingerprint density at radius 1 is 1.15 bits per heavy atom. The smallest absolute Gasteiger partial charge is 0.352 e. The number of hydrogen-bond donors (Lipinski definition) is 2. The Bertz CT molecular complexity index is 684. The Hall–Kier alpha value is -2.02. The van der Waals surface area contributed by atoms with E-state index in [0.717, 1.165) is 12.1 Å². The molecule has 1 saturated carbocycles. The van der Waals surface area contributed by atoms with Gasteiger partial charge in [-0.25, -0.2) is 0 Å². The van der Waals surface area contributed by atoms with E-state index in [1.165, 1.54) is 6.07 Å². The van der Waals surface area contributed by atoms with Gasteiger partial charge >= 0.3 is 6.18 Å². The van der Waals surface area contributed by atoms with Crippen LogP contribution in [0.25, 0.3) is 0 Å². The predicted molar refractivity (Wildman–Crippen MR) is 93.7 cm³/mol. The summed E-state index contributed by atoms with van der Waals surface area (Å²) in [7, 11) is 0. The van der Waals surface area contributed by atoms with Gasteiger partial charge in [0.1, 0.15) is 0 Å². The van der Waals surface area contributed by atoms with Crippen molar-refractivity contribution in [2.75, 3.05) is 11.9 Å². The SMILES string of the molecule is C=CCNC(=O)C1CCC(C(=O)Nc2ccc(Cl)cc2C(F)(F)F)CC1. The zero-order valence-corrected chi connectivity index (χ0v) is 14.8. The first kappa shape index (κ1) is 20.3. The number of alkyl halides is 3. The standard InChI is InChI=1S/C18H20ClF3N2O2/c1-2-9-23-16(25)11-3-5-12(6-4-11)17(26)24-15-8-7-13(19)10-14(15)18(20,21)22/h2,7-8,10-12H,1,3-6,9H2,(H,23,25)(H,24,26). The molecule has 8 heteroatoms. The zero-order chi connectivity index (χ0) is 19.3. The van der Waals surface area contributed by atoms with Gasteiger partial charge in [0.05, 0.1) is 11.3 Å². The summed E-state index contributed by atoms with van der Waals surface area (Å²) < 4.78 is 39.3. The highest BCUT2D eigenvalue weighted by atomic mass is 35.5. The molecule has 0 unspecified atom stereocenters. The van der Waals surface area contributed by atoms with E-state index in [2.05, 4.69) is 17.2 Å². The monoisotopic (exact) mass is 388 g/mol. The zero-order valence-electron chi connectivity index (χ0n) is 14.0. The number of nitrogens with one attached hydrogen (secondary N) is 2. The van der Waals surface area contributed by atoms with Crippen molar-refractivity contribution in [1.29, 1.82) is 0 Å². The average molecular weight is 389 g/mol. The highest BCUT2D eigenvalue weighted by Crippen LogP contribution is 2.37.